The molecule has 0 amide bonds. The predicted molar refractivity (Wildman–Crippen MR) is 55.2 cm³/mol. The summed E-state index contributed by atoms with van der Waals surface area (Å²) in [6, 6.07) is 1.37. The first-order chi connectivity index (χ1) is 8.25. The largest absolute Gasteiger partial charge is 0.365 e. The topological polar surface area (TPSA) is 50.2 Å². The standard InChI is InChI=1S/C10H9F4N3O/c1-4-3-6-15-9(10(13,14)8(11)12)16-17(6)7(18)5(4)2/h3,8H,1-2H3,(H,15,16). The van der Waals surface area contributed by atoms with Gasteiger partial charge in [0.2, 0.25) is 0 Å². The van der Waals surface area contributed by atoms with Crippen molar-refractivity contribution in [3.8, 4) is 0 Å². The number of H-pyrrole nitrogens is 1. The number of alkyl halides is 4. The molecule has 2 rings (SSSR count). The van der Waals surface area contributed by atoms with E-state index in [1.165, 1.54) is 13.0 Å². The van der Waals surface area contributed by atoms with Crippen LogP contribution in [0.25, 0.3) is 5.65 Å². The zero-order valence-corrected chi connectivity index (χ0v) is 9.47. The van der Waals surface area contributed by atoms with E-state index in [1.807, 2.05) is 5.10 Å². The van der Waals surface area contributed by atoms with Crippen LogP contribution in [0, 0.1) is 13.8 Å². The Morgan fingerprint density at radius 2 is 2.00 bits per heavy atom. The third-order valence-corrected chi connectivity index (χ3v) is 2.72. The molecule has 0 aliphatic heterocycles. The zero-order valence-electron chi connectivity index (χ0n) is 9.47. The third-order valence-electron chi connectivity index (χ3n) is 2.72. The van der Waals surface area contributed by atoms with Crippen LogP contribution >= 0.6 is 0 Å². The van der Waals surface area contributed by atoms with Crippen molar-refractivity contribution in [2.24, 2.45) is 0 Å². The fraction of sp³-hybridized carbons (Fsp3) is 0.400. The average molecular weight is 263 g/mol. The third kappa shape index (κ3) is 1.68. The van der Waals surface area contributed by atoms with Gasteiger partial charge in [-0.1, -0.05) is 0 Å². The van der Waals surface area contributed by atoms with Gasteiger partial charge in [-0.25, -0.2) is 13.8 Å². The van der Waals surface area contributed by atoms with Gasteiger partial charge in [0, 0.05) is 5.56 Å². The maximum absolute atomic E-state index is 13.1. The normalized spacial score (nSPS) is 12.6. The van der Waals surface area contributed by atoms with Gasteiger partial charge in [-0.3, -0.25) is 9.89 Å². The number of fused-ring (bicyclic) bond motifs is 1. The summed E-state index contributed by atoms with van der Waals surface area (Å²) >= 11 is 0. The van der Waals surface area contributed by atoms with E-state index in [-0.39, 0.29) is 5.65 Å². The molecular formula is C10H9F4N3O. The van der Waals surface area contributed by atoms with Gasteiger partial charge in [-0.15, -0.1) is 0 Å². The van der Waals surface area contributed by atoms with Gasteiger partial charge in [0.25, 0.3) is 5.56 Å². The summed E-state index contributed by atoms with van der Waals surface area (Å²) in [6.45, 7) is 3.12. The number of hydrogen-bond donors (Lipinski definition) is 1. The summed E-state index contributed by atoms with van der Waals surface area (Å²) in [5.41, 5.74) is 0.189. The van der Waals surface area contributed by atoms with Crippen molar-refractivity contribution in [2.45, 2.75) is 26.2 Å². The summed E-state index contributed by atoms with van der Waals surface area (Å²) in [5.74, 6) is -5.64. The molecule has 18 heavy (non-hydrogen) atoms. The molecular weight excluding hydrogens is 254 g/mol. The number of nitrogens with one attached hydrogen (secondary N) is 1. The molecule has 2 heterocycles. The summed E-state index contributed by atoms with van der Waals surface area (Å²) in [6.07, 6.45) is -3.89. The second kappa shape index (κ2) is 3.82. The number of aromatic nitrogens is 3. The van der Waals surface area contributed by atoms with Gasteiger partial charge in [-0.05, 0) is 25.5 Å². The van der Waals surface area contributed by atoms with Crippen molar-refractivity contribution in [2.75, 3.05) is 0 Å². The Morgan fingerprint density at radius 3 is 2.56 bits per heavy atom. The van der Waals surface area contributed by atoms with Crippen molar-refractivity contribution in [3.05, 3.63) is 33.4 Å². The maximum Gasteiger partial charge on any atom is 0.365 e. The summed E-state index contributed by atoms with van der Waals surface area (Å²) < 4.78 is 51.3. The van der Waals surface area contributed by atoms with Crippen LogP contribution in [0.3, 0.4) is 0 Å². The van der Waals surface area contributed by atoms with E-state index < -0.39 is 23.7 Å². The molecule has 0 bridgehead atoms. The molecule has 0 spiro atoms. The highest BCUT2D eigenvalue weighted by molar-refractivity contribution is 5.43. The fourth-order valence-electron chi connectivity index (χ4n) is 1.50. The Morgan fingerprint density at radius 1 is 1.39 bits per heavy atom. The lowest BCUT2D eigenvalue weighted by Gasteiger charge is -2.10. The molecule has 4 nitrogen and oxygen atoms in total. The molecule has 0 atom stereocenters. The molecule has 2 aromatic rings. The molecule has 98 valence electrons. The van der Waals surface area contributed by atoms with E-state index >= 15 is 0 Å². The molecule has 0 radical (unpaired) electrons. The minimum atomic E-state index is -4.42. The fourth-order valence-corrected chi connectivity index (χ4v) is 1.50. The van der Waals surface area contributed by atoms with E-state index in [0.29, 0.717) is 11.1 Å². The molecule has 2 aromatic heterocycles. The van der Waals surface area contributed by atoms with E-state index in [0.717, 1.165) is 4.52 Å². The van der Waals surface area contributed by atoms with Crippen LogP contribution in [-0.2, 0) is 5.92 Å². The maximum atomic E-state index is 13.1. The first-order valence-electron chi connectivity index (χ1n) is 5.00. The van der Waals surface area contributed by atoms with Crippen LogP contribution in [0.15, 0.2) is 10.9 Å². The van der Waals surface area contributed by atoms with Gasteiger partial charge in [0.1, 0.15) is 0 Å². The summed E-state index contributed by atoms with van der Waals surface area (Å²) in [7, 11) is 0. The second-order valence-corrected chi connectivity index (χ2v) is 3.95. The van der Waals surface area contributed by atoms with E-state index in [1.54, 1.807) is 6.92 Å². The van der Waals surface area contributed by atoms with Crippen molar-refractivity contribution in [1.29, 1.82) is 0 Å². The summed E-state index contributed by atoms with van der Waals surface area (Å²) in [4.78, 5) is 15.1. The lowest BCUT2D eigenvalue weighted by molar-refractivity contribution is -0.140. The van der Waals surface area contributed by atoms with E-state index in [9.17, 15) is 22.4 Å². The number of halogens is 4. The van der Waals surface area contributed by atoms with Crippen molar-refractivity contribution >= 4 is 5.65 Å². The molecule has 0 aliphatic carbocycles. The first kappa shape index (κ1) is 12.6. The Labute approximate surface area is 98.2 Å². The number of hydrogen-bond acceptors (Lipinski definition) is 2. The minimum Gasteiger partial charge on any atom is -0.271 e. The second-order valence-electron chi connectivity index (χ2n) is 3.95. The van der Waals surface area contributed by atoms with Gasteiger partial charge >= 0.3 is 12.3 Å². The lowest BCUT2D eigenvalue weighted by Crippen LogP contribution is -2.26. The Kier molecular flexibility index (Phi) is 2.67. The number of aromatic amines is 1. The molecule has 0 aromatic carbocycles. The number of nitrogens with zero attached hydrogens (tertiary/aromatic N) is 2. The number of rotatable bonds is 2. The smallest absolute Gasteiger partial charge is 0.271 e. The number of pyridine rings is 1. The Bertz CT molecular complexity index is 659. The van der Waals surface area contributed by atoms with Crippen LogP contribution in [0.2, 0.25) is 0 Å². The molecule has 0 saturated carbocycles. The molecule has 8 heteroatoms. The number of aryl methyl sites for hydroxylation is 1. The highest BCUT2D eigenvalue weighted by Crippen LogP contribution is 2.32. The molecule has 0 saturated heterocycles. The van der Waals surface area contributed by atoms with E-state index in [4.69, 9.17) is 0 Å². The minimum absolute atomic E-state index is 0.113. The quantitative estimate of drug-likeness (QED) is 0.842. The van der Waals surface area contributed by atoms with Crippen LogP contribution in [0.1, 0.15) is 17.0 Å². The van der Waals surface area contributed by atoms with Crippen LogP contribution < -0.4 is 5.56 Å². The SMILES string of the molecule is Cc1cc2nc(C(F)(F)C(F)F)[nH]n2c(=O)c1C. The van der Waals surface area contributed by atoms with Crippen molar-refractivity contribution < 1.29 is 17.6 Å². The van der Waals surface area contributed by atoms with E-state index in [2.05, 4.69) is 4.98 Å². The van der Waals surface area contributed by atoms with Crippen molar-refractivity contribution in [3.63, 3.8) is 0 Å². The first-order valence-corrected chi connectivity index (χ1v) is 5.00. The molecule has 1 N–H and O–H groups in total. The van der Waals surface area contributed by atoms with Gasteiger partial charge in [0.15, 0.2) is 11.5 Å². The molecule has 0 fully saturated rings. The highest BCUT2D eigenvalue weighted by Gasteiger charge is 2.46. The summed E-state index contributed by atoms with van der Waals surface area (Å²) in [5, 5.41) is 1.92. The zero-order chi connectivity index (χ0) is 13.7. The Balaban J connectivity index is 2.73. The van der Waals surface area contributed by atoms with Crippen LogP contribution in [0.4, 0.5) is 17.6 Å². The Hall–Kier alpha value is -1.86. The van der Waals surface area contributed by atoms with Crippen molar-refractivity contribution in [1.82, 2.24) is 14.6 Å². The highest BCUT2D eigenvalue weighted by atomic mass is 19.3. The molecule has 0 aliphatic rings. The average Bonchev–Trinajstić information content (AvgIpc) is 2.70. The monoisotopic (exact) mass is 263 g/mol. The van der Waals surface area contributed by atoms with Gasteiger partial charge < -0.3 is 0 Å². The lowest BCUT2D eigenvalue weighted by atomic mass is 10.2. The van der Waals surface area contributed by atoms with Gasteiger partial charge in [0.05, 0.1) is 0 Å². The van der Waals surface area contributed by atoms with Crippen LogP contribution in [0.5, 0.6) is 0 Å². The molecule has 0 unspecified atom stereocenters. The van der Waals surface area contributed by atoms with Gasteiger partial charge in [-0.2, -0.15) is 13.3 Å². The van der Waals surface area contributed by atoms with Crippen LogP contribution in [-0.4, -0.2) is 21.0 Å². The predicted octanol–water partition coefficient (Wildman–Crippen LogP) is 2.00.